The highest BCUT2D eigenvalue weighted by atomic mass is 35.5. The fourth-order valence-electron chi connectivity index (χ4n) is 10.5. The van der Waals surface area contributed by atoms with Crippen LogP contribution in [0.3, 0.4) is 0 Å². The molecule has 0 spiro atoms. The van der Waals surface area contributed by atoms with Crippen molar-refractivity contribution in [2.45, 2.75) is 59.9 Å². The number of hydrogen-bond donors (Lipinski definition) is 7. The van der Waals surface area contributed by atoms with Crippen LogP contribution >= 0.6 is 11.6 Å². The predicted octanol–water partition coefficient (Wildman–Crippen LogP) is 13.8. The molecule has 3 amide bonds. The first-order chi connectivity index (χ1) is 43.4. The summed E-state index contributed by atoms with van der Waals surface area (Å²) in [4.78, 5) is 95.2. The molecule has 12 rings (SSSR count). The highest BCUT2D eigenvalue weighted by Gasteiger charge is 2.32. The van der Waals surface area contributed by atoms with Gasteiger partial charge in [0.15, 0.2) is 0 Å². The minimum atomic E-state index is -1.63. The van der Waals surface area contributed by atoms with Crippen LogP contribution in [0, 0.1) is 17.5 Å². The number of hydrogen-bond acceptors (Lipinski definition) is 13. The Balaban J connectivity index is 0.000000150. The lowest BCUT2D eigenvalue weighted by Gasteiger charge is -2.11. The number of aromatic amines is 3. The summed E-state index contributed by atoms with van der Waals surface area (Å²) in [6, 6.07) is 23.6. The van der Waals surface area contributed by atoms with Crippen LogP contribution in [0.5, 0.6) is 17.2 Å². The lowest BCUT2D eigenvalue weighted by atomic mass is 10.0. The maximum atomic E-state index is 13.5. The van der Waals surface area contributed by atoms with Gasteiger partial charge in [0.1, 0.15) is 68.7 Å². The molecule has 0 bridgehead atoms. The Hall–Kier alpha value is -11.1. The Morgan fingerprint density at radius 2 is 0.791 bits per heavy atom. The number of aliphatic carboxylic acids is 1. The fourth-order valence-corrected chi connectivity index (χ4v) is 10.6. The van der Waals surface area contributed by atoms with E-state index in [0.717, 1.165) is 10.9 Å². The SMILES string of the molecule is CNC(=O)c1c(-c2ccc(F)cc2)oc2c1cc(OC(C)C)c1[nH]cc(C(=O)C(=O)Cl)c12.CNC(=O)c1c(-c2ccc(F)cc2)oc2c1cc(OC(C)C)c1[nH]cc(C(=O)C(=O)O)c12.CNC(=O)c1c(-c2ccc(F)cc2)oc2c1cc(OC(C)C)c1[nH]ccc12. The summed E-state index contributed by atoms with van der Waals surface area (Å²) < 4.78 is 76.3. The molecular formula is C67H56ClF3N6O14. The van der Waals surface area contributed by atoms with Crippen LogP contribution in [0.4, 0.5) is 13.2 Å². The number of halogens is 4. The van der Waals surface area contributed by atoms with Gasteiger partial charge < -0.3 is 63.5 Å². The van der Waals surface area contributed by atoms with Gasteiger partial charge in [-0.3, -0.25) is 28.8 Å². The first-order valence-corrected chi connectivity index (χ1v) is 28.6. The zero-order valence-electron chi connectivity index (χ0n) is 50.0. The first-order valence-electron chi connectivity index (χ1n) is 28.2. The summed E-state index contributed by atoms with van der Waals surface area (Å²) in [7, 11) is 4.49. The number of carbonyl (C=O) groups is 7. The van der Waals surface area contributed by atoms with E-state index in [4.69, 9.17) is 39.1 Å². The number of nitrogens with one attached hydrogen (secondary N) is 6. The van der Waals surface area contributed by atoms with Crippen molar-refractivity contribution in [3.63, 3.8) is 0 Å². The summed E-state index contributed by atoms with van der Waals surface area (Å²) >= 11 is 5.45. The number of amides is 3. The molecular weight excluding hydrogens is 1210 g/mol. The van der Waals surface area contributed by atoms with Crippen LogP contribution in [0.1, 0.15) is 93.3 Å². The fraction of sp³-hybridized carbons (Fsp3) is 0.179. The molecule has 0 aliphatic heterocycles. The van der Waals surface area contributed by atoms with E-state index < -0.39 is 46.2 Å². The molecule has 24 heteroatoms. The van der Waals surface area contributed by atoms with E-state index in [-0.39, 0.29) is 85.7 Å². The number of carbonyl (C=O) groups excluding carboxylic acids is 6. The van der Waals surface area contributed by atoms with Crippen molar-refractivity contribution in [1.82, 2.24) is 30.9 Å². The summed E-state index contributed by atoms with van der Waals surface area (Å²) in [5, 5.41) is 18.5. The maximum absolute atomic E-state index is 13.5. The average Bonchev–Trinajstić information content (AvgIpc) is 1.61. The third-order valence-corrected chi connectivity index (χ3v) is 14.4. The zero-order valence-corrected chi connectivity index (χ0v) is 50.7. The molecule has 6 aromatic heterocycles. The zero-order chi connectivity index (χ0) is 65.4. The van der Waals surface area contributed by atoms with Crippen LogP contribution in [0.2, 0.25) is 0 Å². The minimum Gasteiger partial charge on any atom is -0.489 e. The summed E-state index contributed by atoms with van der Waals surface area (Å²) in [6.07, 6.45) is 3.93. The van der Waals surface area contributed by atoms with Gasteiger partial charge in [0.25, 0.3) is 28.7 Å². The van der Waals surface area contributed by atoms with Gasteiger partial charge in [-0.05, 0) is 150 Å². The number of benzene rings is 6. The van der Waals surface area contributed by atoms with E-state index in [2.05, 4.69) is 30.9 Å². The molecule has 466 valence electrons. The maximum Gasteiger partial charge on any atom is 0.377 e. The van der Waals surface area contributed by atoms with Crippen molar-refractivity contribution >= 4 is 118 Å². The number of Topliss-reactive ketones (excluding diaryl/α,β-unsaturated/α-hetero) is 2. The van der Waals surface area contributed by atoms with E-state index in [1.54, 1.807) is 51.4 Å². The molecule has 0 fully saturated rings. The Bertz CT molecular complexity index is 4660. The Morgan fingerprint density at radius 3 is 1.12 bits per heavy atom. The third-order valence-electron chi connectivity index (χ3n) is 14.2. The monoisotopic (exact) mass is 1260 g/mol. The van der Waals surface area contributed by atoms with Crippen molar-refractivity contribution in [3.8, 4) is 51.2 Å². The molecule has 6 aromatic carbocycles. The summed E-state index contributed by atoms with van der Waals surface area (Å²) in [6.45, 7) is 11.1. The van der Waals surface area contributed by atoms with Crippen molar-refractivity contribution in [2.75, 3.05) is 21.1 Å². The highest BCUT2D eigenvalue weighted by molar-refractivity contribution is 6.83. The van der Waals surface area contributed by atoms with Crippen molar-refractivity contribution < 1.29 is 79.3 Å². The largest absolute Gasteiger partial charge is 0.489 e. The molecule has 0 aliphatic rings. The number of carboxylic acid groups (broad SMARTS) is 1. The van der Waals surface area contributed by atoms with Gasteiger partial charge in [0.05, 0.1) is 73.5 Å². The molecule has 7 N–H and O–H groups in total. The highest BCUT2D eigenvalue weighted by Crippen LogP contribution is 2.46. The van der Waals surface area contributed by atoms with Crippen LogP contribution in [0.15, 0.2) is 129 Å². The van der Waals surface area contributed by atoms with E-state index >= 15 is 0 Å². The predicted molar refractivity (Wildman–Crippen MR) is 335 cm³/mol. The van der Waals surface area contributed by atoms with E-state index in [0.29, 0.717) is 78.0 Å². The molecule has 20 nitrogen and oxygen atoms in total. The van der Waals surface area contributed by atoms with Crippen LogP contribution in [-0.4, -0.2) is 100 Å². The number of carboxylic acids is 1. The van der Waals surface area contributed by atoms with Gasteiger partial charge in [-0.15, -0.1) is 0 Å². The quantitative estimate of drug-likeness (QED) is 0.0269. The van der Waals surface area contributed by atoms with Crippen molar-refractivity contribution in [2.24, 2.45) is 0 Å². The Kier molecular flexibility index (Phi) is 17.7. The molecule has 6 heterocycles. The number of ether oxygens (including phenoxy) is 3. The van der Waals surface area contributed by atoms with E-state index in [1.807, 2.05) is 39.8 Å². The molecule has 0 saturated carbocycles. The number of ketones is 2. The van der Waals surface area contributed by atoms with Crippen LogP contribution in [-0.2, 0) is 9.59 Å². The minimum absolute atomic E-state index is 0.0120. The standard InChI is InChI=1S/C23H18ClFN2O5.C23H19FN2O6.C21H19FN2O3/c1-10(2)31-15-8-13-17(23(30)26-3)20(11-4-6-12(25)7-5-11)32-21(13)16-14(9-27-18(15)16)19(28)22(24)29;1-10(2)31-15-8-13-17(22(28)25-3)20(11-4-6-12(24)7-5-11)32-21(13)16-14(9-26-18(15)16)19(27)23(29)30;1-11(2)26-16-10-15-17(21(25)23-3)19(12-4-6-13(22)7-5-12)27-20(15)14-8-9-24-18(14)16/h4-10,27H,1-3H3,(H,26,30);4-10,26H,1-3H3,(H,25,28)(H,29,30);4-11,24H,1-3H3,(H,23,25). The molecule has 12 aromatic rings. The molecule has 91 heavy (non-hydrogen) atoms. The van der Waals surface area contributed by atoms with Gasteiger partial charge in [-0.2, -0.15) is 0 Å². The third kappa shape index (κ3) is 12.0. The lowest BCUT2D eigenvalue weighted by Crippen LogP contribution is -2.18. The molecule has 0 unspecified atom stereocenters. The van der Waals surface area contributed by atoms with Gasteiger partial charge in [-0.1, -0.05) is 0 Å². The second-order valence-electron chi connectivity index (χ2n) is 21.3. The lowest BCUT2D eigenvalue weighted by molar-refractivity contribution is -0.131. The Morgan fingerprint density at radius 1 is 0.462 bits per heavy atom. The molecule has 0 atom stereocenters. The first kappa shape index (κ1) is 63.0. The van der Waals surface area contributed by atoms with Gasteiger partial charge in [-0.25, -0.2) is 18.0 Å². The molecule has 0 radical (unpaired) electrons. The number of aromatic nitrogens is 3. The average molecular weight is 1260 g/mol. The smallest absolute Gasteiger partial charge is 0.377 e. The molecule has 0 saturated heterocycles. The van der Waals surface area contributed by atoms with Gasteiger partial charge in [0.2, 0.25) is 5.78 Å². The molecule has 0 aliphatic carbocycles. The normalized spacial score (nSPS) is 11.3. The second-order valence-corrected chi connectivity index (χ2v) is 21.7. The Labute approximate surface area is 518 Å². The number of furan rings is 3. The summed E-state index contributed by atoms with van der Waals surface area (Å²) in [5.74, 6) is -4.09. The van der Waals surface area contributed by atoms with Crippen LogP contribution in [0.25, 0.3) is 99.6 Å². The number of H-pyrrole nitrogens is 3. The second kappa shape index (κ2) is 25.6. The summed E-state index contributed by atoms with van der Waals surface area (Å²) in [5.41, 5.74) is 4.60. The number of rotatable bonds is 16. The van der Waals surface area contributed by atoms with Crippen LogP contribution < -0.4 is 30.2 Å². The van der Waals surface area contributed by atoms with Crippen molar-refractivity contribution in [1.29, 1.82) is 0 Å². The van der Waals surface area contributed by atoms with Crippen molar-refractivity contribution in [3.05, 3.63) is 161 Å². The van der Waals surface area contributed by atoms with Gasteiger partial charge >= 0.3 is 5.97 Å². The van der Waals surface area contributed by atoms with E-state index in [9.17, 15) is 51.8 Å². The topological polar surface area (TPSA) is 290 Å². The number of fused-ring (bicyclic) bond motifs is 9. The van der Waals surface area contributed by atoms with Gasteiger partial charge in [0, 0.05) is 78.0 Å². The van der Waals surface area contributed by atoms with E-state index in [1.165, 1.54) is 87.2 Å².